The predicted octanol–water partition coefficient (Wildman–Crippen LogP) is 2.40. The van der Waals surface area contributed by atoms with Gasteiger partial charge in [0.05, 0.1) is 6.61 Å². The minimum absolute atomic E-state index is 0.194. The molecule has 0 aliphatic rings. The van der Waals surface area contributed by atoms with Gasteiger partial charge in [-0.3, -0.25) is 0 Å². The van der Waals surface area contributed by atoms with Gasteiger partial charge < -0.3 is 14.9 Å². The number of phenols is 2. The number of hydrogen-bond acceptors (Lipinski definition) is 6. The third kappa shape index (κ3) is 2.43. The van der Waals surface area contributed by atoms with Crippen molar-refractivity contribution in [1.29, 1.82) is 0 Å². The highest BCUT2D eigenvalue weighted by atomic mass is 32.1. The number of esters is 1. The number of thiazole rings is 1. The summed E-state index contributed by atoms with van der Waals surface area (Å²) >= 11 is 1.27. The smallest absolute Gasteiger partial charge is 0.357 e. The third-order valence-electron chi connectivity index (χ3n) is 2.21. The van der Waals surface area contributed by atoms with Gasteiger partial charge in [-0.15, -0.1) is 11.3 Å². The first-order valence-electron chi connectivity index (χ1n) is 5.26. The Hall–Kier alpha value is -2.08. The Morgan fingerprint density at radius 2 is 2.17 bits per heavy atom. The van der Waals surface area contributed by atoms with Crippen LogP contribution in [0.25, 0.3) is 10.6 Å². The third-order valence-corrected chi connectivity index (χ3v) is 3.10. The van der Waals surface area contributed by atoms with E-state index in [1.807, 2.05) is 0 Å². The van der Waals surface area contributed by atoms with Crippen LogP contribution >= 0.6 is 11.3 Å². The molecule has 0 bridgehead atoms. The molecule has 0 fully saturated rings. The zero-order valence-electron chi connectivity index (χ0n) is 9.58. The number of rotatable bonds is 3. The first-order chi connectivity index (χ1) is 8.61. The lowest BCUT2D eigenvalue weighted by Gasteiger charge is -2.00. The molecule has 2 rings (SSSR count). The molecule has 0 aliphatic carbocycles. The molecule has 94 valence electrons. The van der Waals surface area contributed by atoms with E-state index in [4.69, 9.17) is 4.74 Å². The molecule has 5 nitrogen and oxygen atoms in total. The summed E-state index contributed by atoms with van der Waals surface area (Å²) in [5.74, 6) is -0.885. The van der Waals surface area contributed by atoms with Crippen molar-refractivity contribution < 1.29 is 19.7 Å². The molecular formula is C12H11NO4S. The van der Waals surface area contributed by atoms with Crippen molar-refractivity contribution in [2.75, 3.05) is 6.61 Å². The second-order valence-electron chi connectivity index (χ2n) is 3.46. The molecule has 0 atom stereocenters. The van der Waals surface area contributed by atoms with Crippen molar-refractivity contribution >= 4 is 17.3 Å². The molecule has 0 saturated heterocycles. The summed E-state index contributed by atoms with van der Waals surface area (Å²) in [6.07, 6.45) is 0. The molecule has 6 heteroatoms. The molecule has 2 aromatic rings. The Labute approximate surface area is 107 Å². The molecule has 18 heavy (non-hydrogen) atoms. The first kappa shape index (κ1) is 12.4. The monoisotopic (exact) mass is 265 g/mol. The number of ether oxygens (including phenoxy) is 1. The van der Waals surface area contributed by atoms with Crippen molar-refractivity contribution in [3.8, 4) is 22.1 Å². The van der Waals surface area contributed by atoms with Crippen LogP contribution < -0.4 is 0 Å². The van der Waals surface area contributed by atoms with Gasteiger partial charge in [0.1, 0.15) is 5.01 Å². The number of aromatic hydroxyl groups is 2. The molecule has 0 amide bonds. The number of carbonyl (C=O) groups excluding carboxylic acids is 1. The van der Waals surface area contributed by atoms with Gasteiger partial charge in [0.2, 0.25) is 0 Å². The number of benzene rings is 1. The zero-order chi connectivity index (χ0) is 13.1. The summed E-state index contributed by atoms with van der Waals surface area (Å²) in [6, 6.07) is 4.38. The summed E-state index contributed by atoms with van der Waals surface area (Å²) in [5.41, 5.74) is 0.871. The van der Waals surface area contributed by atoms with Crippen LogP contribution in [0.3, 0.4) is 0 Å². The van der Waals surface area contributed by atoms with E-state index in [0.29, 0.717) is 17.2 Å². The van der Waals surface area contributed by atoms with E-state index >= 15 is 0 Å². The molecule has 0 spiro atoms. The van der Waals surface area contributed by atoms with Crippen LogP contribution in [0.4, 0.5) is 0 Å². The SMILES string of the molecule is CCOC(=O)c1csc(-c2ccc(O)c(O)c2)n1. The van der Waals surface area contributed by atoms with E-state index in [-0.39, 0.29) is 17.2 Å². The molecule has 0 aliphatic heterocycles. The Morgan fingerprint density at radius 1 is 1.39 bits per heavy atom. The van der Waals surface area contributed by atoms with Crippen molar-refractivity contribution in [3.63, 3.8) is 0 Å². The van der Waals surface area contributed by atoms with Crippen LogP contribution in [0.5, 0.6) is 11.5 Å². The fourth-order valence-corrected chi connectivity index (χ4v) is 2.15. The summed E-state index contributed by atoms with van der Waals surface area (Å²) in [4.78, 5) is 15.6. The number of aromatic nitrogens is 1. The Balaban J connectivity index is 2.29. The predicted molar refractivity (Wildman–Crippen MR) is 66.8 cm³/mol. The topological polar surface area (TPSA) is 79.7 Å². The lowest BCUT2D eigenvalue weighted by molar-refractivity contribution is 0.0520. The van der Waals surface area contributed by atoms with E-state index in [1.165, 1.54) is 23.5 Å². The van der Waals surface area contributed by atoms with E-state index in [9.17, 15) is 15.0 Å². The van der Waals surface area contributed by atoms with Gasteiger partial charge >= 0.3 is 5.97 Å². The lowest BCUT2D eigenvalue weighted by Crippen LogP contribution is -2.04. The average Bonchev–Trinajstić information content (AvgIpc) is 2.82. The van der Waals surface area contributed by atoms with Gasteiger partial charge in [0, 0.05) is 10.9 Å². The number of hydrogen-bond donors (Lipinski definition) is 2. The van der Waals surface area contributed by atoms with Crippen LogP contribution in [-0.4, -0.2) is 27.8 Å². The fraction of sp³-hybridized carbons (Fsp3) is 0.167. The zero-order valence-corrected chi connectivity index (χ0v) is 10.4. The molecule has 1 aromatic heterocycles. The Morgan fingerprint density at radius 3 is 2.83 bits per heavy atom. The maximum atomic E-state index is 11.4. The van der Waals surface area contributed by atoms with Crippen LogP contribution in [0.1, 0.15) is 17.4 Å². The largest absolute Gasteiger partial charge is 0.504 e. The summed E-state index contributed by atoms with van der Waals surface area (Å²) in [5, 5.41) is 20.8. The number of carbonyl (C=O) groups is 1. The average molecular weight is 265 g/mol. The van der Waals surface area contributed by atoms with Gasteiger partial charge in [-0.25, -0.2) is 9.78 Å². The standard InChI is InChI=1S/C12H11NO4S/c1-2-17-12(16)8-6-18-11(13-8)7-3-4-9(14)10(15)5-7/h3-6,14-15H,2H2,1H3. The number of nitrogens with zero attached hydrogens (tertiary/aromatic N) is 1. The van der Waals surface area contributed by atoms with E-state index in [2.05, 4.69) is 4.98 Å². The lowest BCUT2D eigenvalue weighted by atomic mass is 10.2. The number of phenolic OH excluding ortho intramolecular Hbond substituents is 2. The summed E-state index contributed by atoms with van der Waals surface area (Å²) in [7, 11) is 0. The molecule has 0 saturated carbocycles. The molecular weight excluding hydrogens is 254 g/mol. The summed E-state index contributed by atoms with van der Waals surface area (Å²) in [6.45, 7) is 2.02. The van der Waals surface area contributed by atoms with Crippen LogP contribution in [0.15, 0.2) is 23.6 Å². The minimum Gasteiger partial charge on any atom is -0.504 e. The van der Waals surface area contributed by atoms with Crippen LogP contribution in [-0.2, 0) is 4.74 Å². The molecule has 0 radical (unpaired) electrons. The van der Waals surface area contributed by atoms with Crippen molar-refractivity contribution in [1.82, 2.24) is 4.98 Å². The maximum absolute atomic E-state index is 11.4. The van der Waals surface area contributed by atoms with Crippen LogP contribution in [0, 0.1) is 0 Å². The highest BCUT2D eigenvalue weighted by Gasteiger charge is 2.13. The van der Waals surface area contributed by atoms with Gasteiger partial charge in [-0.1, -0.05) is 0 Å². The van der Waals surface area contributed by atoms with E-state index in [1.54, 1.807) is 18.4 Å². The van der Waals surface area contributed by atoms with Crippen molar-refractivity contribution in [2.24, 2.45) is 0 Å². The van der Waals surface area contributed by atoms with Crippen molar-refractivity contribution in [2.45, 2.75) is 6.92 Å². The molecule has 1 heterocycles. The molecule has 1 aromatic carbocycles. The Bertz CT molecular complexity index is 579. The van der Waals surface area contributed by atoms with Gasteiger partial charge in [0.25, 0.3) is 0 Å². The quantitative estimate of drug-likeness (QED) is 0.658. The normalized spacial score (nSPS) is 10.3. The molecule has 0 unspecified atom stereocenters. The van der Waals surface area contributed by atoms with Gasteiger partial charge in [-0.2, -0.15) is 0 Å². The second kappa shape index (κ2) is 5.05. The highest BCUT2D eigenvalue weighted by molar-refractivity contribution is 7.13. The summed E-state index contributed by atoms with van der Waals surface area (Å²) < 4.78 is 4.84. The van der Waals surface area contributed by atoms with Crippen molar-refractivity contribution in [3.05, 3.63) is 29.3 Å². The van der Waals surface area contributed by atoms with E-state index in [0.717, 1.165) is 0 Å². The molecule has 2 N–H and O–H groups in total. The van der Waals surface area contributed by atoms with Crippen LogP contribution in [0.2, 0.25) is 0 Å². The fourth-order valence-electron chi connectivity index (χ4n) is 1.36. The highest BCUT2D eigenvalue weighted by Crippen LogP contribution is 2.32. The van der Waals surface area contributed by atoms with Gasteiger partial charge in [0.15, 0.2) is 17.2 Å². The Kier molecular flexibility index (Phi) is 3.47. The van der Waals surface area contributed by atoms with E-state index < -0.39 is 5.97 Å². The first-order valence-corrected chi connectivity index (χ1v) is 6.14. The maximum Gasteiger partial charge on any atom is 0.357 e. The minimum atomic E-state index is -0.469. The van der Waals surface area contributed by atoms with Gasteiger partial charge in [-0.05, 0) is 25.1 Å². The second-order valence-corrected chi connectivity index (χ2v) is 4.32.